The van der Waals surface area contributed by atoms with E-state index in [0.717, 1.165) is 31.6 Å². The molecule has 7 nitrogen and oxygen atoms in total. The number of ether oxygens (including phenoxy) is 1. The number of rotatable bonds is 4. The number of aromatic nitrogens is 1. The molecule has 1 fully saturated rings. The zero-order valence-electron chi connectivity index (χ0n) is 15.4. The van der Waals surface area contributed by atoms with E-state index in [1.807, 2.05) is 29.4 Å². The van der Waals surface area contributed by atoms with Gasteiger partial charge < -0.3 is 10.1 Å². The Morgan fingerprint density at radius 3 is 2.52 bits per heavy atom. The van der Waals surface area contributed by atoms with Crippen LogP contribution in [0.5, 0.6) is 0 Å². The minimum atomic E-state index is -0.664. The van der Waals surface area contributed by atoms with Crippen LogP contribution in [0.3, 0.4) is 0 Å². The topological polar surface area (TPSA) is 83.6 Å². The van der Waals surface area contributed by atoms with Crippen molar-refractivity contribution in [2.75, 3.05) is 13.1 Å². The van der Waals surface area contributed by atoms with Crippen LogP contribution >= 0.6 is 0 Å². The van der Waals surface area contributed by atoms with Gasteiger partial charge in [0.05, 0.1) is 0 Å². The average molecular weight is 348 g/mol. The lowest BCUT2D eigenvalue weighted by Gasteiger charge is -2.32. The van der Waals surface area contributed by atoms with E-state index < -0.39 is 17.7 Å². The van der Waals surface area contributed by atoms with Crippen molar-refractivity contribution in [2.45, 2.75) is 58.1 Å². The summed E-state index contributed by atoms with van der Waals surface area (Å²) in [5.41, 5.74) is 3.38. The quantitative estimate of drug-likeness (QED) is 0.871. The Kier molecular flexibility index (Phi) is 6.36. The number of pyridine rings is 1. The minimum Gasteiger partial charge on any atom is -0.444 e. The average Bonchev–Trinajstić information content (AvgIpc) is 2.54. The van der Waals surface area contributed by atoms with Crippen LogP contribution in [-0.2, 0) is 9.53 Å². The van der Waals surface area contributed by atoms with Crippen LogP contribution < -0.4 is 10.7 Å². The van der Waals surface area contributed by atoms with Gasteiger partial charge in [0.15, 0.2) is 0 Å². The monoisotopic (exact) mass is 348 g/mol. The van der Waals surface area contributed by atoms with Crippen molar-refractivity contribution in [1.82, 2.24) is 20.7 Å². The lowest BCUT2D eigenvalue weighted by Crippen LogP contribution is -2.53. The molecule has 25 heavy (non-hydrogen) atoms. The number of nitrogens with one attached hydrogen (secondary N) is 2. The molecule has 0 aromatic carbocycles. The highest BCUT2D eigenvalue weighted by molar-refractivity contribution is 5.84. The van der Waals surface area contributed by atoms with Crippen molar-refractivity contribution in [3.05, 3.63) is 30.1 Å². The maximum absolute atomic E-state index is 12.2. The number of carbonyl (C=O) groups is 2. The van der Waals surface area contributed by atoms with Crippen molar-refractivity contribution in [3.63, 3.8) is 0 Å². The second kappa shape index (κ2) is 8.29. The molecular weight excluding hydrogens is 320 g/mol. The predicted molar refractivity (Wildman–Crippen MR) is 94.8 cm³/mol. The first kappa shape index (κ1) is 19.2. The number of amides is 2. The molecule has 0 saturated carbocycles. The van der Waals surface area contributed by atoms with Crippen LogP contribution in [0.4, 0.5) is 4.79 Å². The van der Waals surface area contributed by atoms with Gasteiger partial charge in [-0.3, -0.25) is 15.2 Å². The van der Waals surface area contributed by atoms with Gasteiger partial charge in [-0.25, -0.2) is 9.80 Å². The number of alkyl carbamates (subject to hydrolysis) is 1. The zero-order chi connectivity index (χ0) is 18.4. The molecule has 0 aliphatic carbocycles. The first-order valence-corrected chi connectivity index (χ1v) is 8.70. The molecule has 0 spiro atoms. The highest BCUT2D eigenvalue weighted by atomic mass is 16.6. The summed E-state index contributed by atoms with van der Waals surface area (Å²) >= 11 is 0. The molecule has 1 aromatic rings. The minimum absolute atomic E-state index is 0.248. The molecule has 1 aromatic heterocycles. The molecule has 1 aliphatic rings. The summed E-state index contributed by atoms with van der Waals surface area (Å²) in [4.78, 5) is 28.4. The van der Waals surface area contributed by atoms with Gasteiger partial charge in [0.1, 0.15) is 11.6 Å². The van der Waals surface area contributed by atoms with Crippen LogP contribution in [0, 0.1) is 0 Å². The summed E-state index contributed by atoms with van der Waals surface area (Å²) in [5, 5.41) is 4.45. The standard InChI is InChI=1S/C18H28N4O3/c1-13(20-17(24)25-18(2,3)4)16(23)21-22-11-8-14(9-12-22)15-7-5-6-10-19-15/h5-7,10,13-14H,8-9,11-12H2,1-4H3,(H,20,24)(H,21,23)/t13-/m0/s1. The van der Waals surface area contributed by atoms with Gasteiger partial charge in [-0.05, 0) is 52.7 Å². The highest BCUT2D eigenvalue weighted by Crippen LogP contribution is 2.25. The Hall–Kier alpha value is -2.15. The first-order chi connectivity index (χ1) is 11.7. The molecule has 0 unspecified atom stereocenters. The molecular formula is C18H28N4O3. The zero-order valence-corrected chi connectivity index (χ0v) is 15.4. The smallest absolute Gasteiger partial charge is 0.408 e. The van der Waals surface area contributed by atoms with Crippen LogP contribution in [0.2, 0.25) is 0 Å². The van der Waals surface area contributed by atoms with E-state index in [4.69, 9.17) is 4.74 Å². The van der Waals surface area contributed by atoms with Crippen molar-refractivity contribution in [3.8, 4) is 0 Å². The van der Waals surface area contributed by atoms with E-state index in [9.17, 15) is 9.59 Å². The summed E-state index contributed by atoms with van der Waals surface area (Å²) in [7, 11) is 0. The molecule has 2 heterocycles. The lowest BCUT2D eigenvalue weighted by molar-refractivity contribution is -0.128. The second-order valence-electron chi connectivity index (χ2n) is 7.36. The molecule has 2 amide bonds. The number of hydrogen-bond donors (Lipinski definition) is 2. The Balaban J connectivity index is 1.75. The molecule has 7 heteroatoms. The summed E-state index contributed by atoms with van der Waals surface area (Å²) < 4.78 is 5.16. The van der Waals surface area contributed by atoms with E-state index >= 15 is 0 Å². The van der Waals surface area contributed by atoms with Gasteiger partial charge in [-0.15, -0.1) is 0 Å². The van der Waals surface area contributed by atoms with Crippen LogP contribution in [0.1, 0.15) is 52.1 Å². The number of hydrogen-bond acceptors (Lipinski definition) is 5. The Morgan fingerprint density at radius 1 is 1.28 bits per heavy atom. The Labute approximate surface area is 149 Å². The Morgan fingerprint density at radius 2 is 1.96 bits per heavy atom. The van der Waals surface area contributed by atoms with E-state index in [1.54, 1.807) is 27.7 Å². The molecule has 2 rings (SSSR count). The van der Waals surface area contributed by atoms with E-state index in [2.05, 4.69) is 15.7 Å². The third kappa shape index (κ3) is 6.34. The largest absolute Gasteiger partial charge is 0.444 e. The normalized spacial score (nSPS) is 17.6. The number of carbonyl (C=O) groups excluding carboxylic acids is 2. The fraction of sp³-hybridized carbons (Fsp3) is 0.611. The maximum atomic E-state index is 12.2. The molecule has 0 bridgehead atoms. The SMILES string of the molecule is C[C@H](NC(=O)OC(C)(C)C)C(=O)NN1CCC(c2ccccn2)CC1. The van der Waals surface area contributed by atoms with Crippen molar-refractivity contribution < 1.29 is 14.3 Å². The van der Waals surface area contributed by atoms with Gasteiger partial charge in [0, 0.05) is 30.9 Å². The molecule has 1 aliphatic heterocycles. The Bertz CT molecular complexity index is 578. The number of nitrogens with zero attached hydrogens (tertiary/aromatic N) is 2. The van der Waals surface area contributed by atoms with Crippen LogP contribution in [-0.4, -0.2) is 46.7 Å². The number of piperidine rings is 1. The summed E-state index contributed by atoms with van der Waals surface area (Å²) in [6, 6.07) is 5.30. The number of hydrazine groups is 1. The predicted octanol–water partition coefficient (Wildman–Crippen LogP) is 2.21. The van der Waals surface area contributed by atoms with E-state index in [0.29, 0.717) is 5.92 Å². The van der Waals surface area contributed by atoms with Gasteiger partial charge in [0.2, 0.25) is 0 Å². The molecule has 1 saturated heterocycles. The van der Waals surface area contributed by atoms with Crippen LogP contribution in [0.15, 0.2) is 24.4 Å². The second-order valence-corrected chi connectivity index (χ2v) is 7.36. The molecule has 1 atom stereocenters. The van der Waals surface area contributed by atoms with E-state index in [-0.39, 0.29) is 5.91 Å². The van der Waals surface area contributed by atoms with Crippen molar-refractivity contribution in [2.24, 2.45) is 0 Å². The lowest BCUT2D eigenvalue weighted by atomic mass is 9.94. The maximum Gasteiger partial charge on any atom is 0.408 e. The summed E-state index contributed by atoms with van der Waals surface area (Å²) in [6.45, 7) is 8.49. The fourth-order valence-corrected chi connectivity index (χ4v) is 2.71. The van der Waals surface area contributed by atoms with Crippen molar-refractivity contribution in [1.29, 1.82) is 0 Å². The van der Waals surface area contributed by atoms with Crippen LogP contribution in [0.25, 0.3) is 0 Å². The summed E-state index contributed by atoms with van der Waals surface area (Å²) in [6.07, 6.45) is 3.09. The third-order valence-electron chi connectivity index (χ3n) is 4.00. The van der Waals surface area contributed by atoms with Crippen molar-refractivity contribution >= 4 is 12.0 Å². The van der Waals surface area contributed by atoms with Gasteiger partial charge in [0.25, 0.3) is 5.91 Å². The summed E-state index contributed by atoms with van der Waals surface area (Å²) in [5.74, 6) is 0.175. The first-order valence-electron chi connectivity index (χ1n) is 8.70. The van der Waals surface area contributed by atoms with Gasteiger partial charge in [-0.2, -0.15) is 0 Å². The van der Waals surface area contributed by atoms with Gasteiger partial charge >= 0.3 is 6.09 Å². The van der Waals surface area contributed by atoms with E-state index in [1.165, 1.54) is 0 Å². The molecule has 138 valence electrons. The van der Waals surface area contributed by atoms with Gasteiger partial charge in [-0.1, -0.05) is 6.07 Å². The molecule has 0 radical (unpaired) electrons. The fourth-order valence-electron chi connectivity index (χ4n) is 2.71. The molecule has 2 N–H and O–H groups in total. The highest BCUT2D eigenvalue weighted by Gasteiger charge is 2.25. The third-order valence-corrected chi connectivity index (χ3v) is 4.00.